The Morgan fingerprint density at radius 2 is 2.10 bits per heavy atom. The van der Waals surface area contributed by atoms with Crippen molar-refractivity contribution in [2.75, 3.05) is 29.9 Å². The van der Waals surface area contributed by atoms with E-state index in [4.69, 9.17) is 5.11 Å². The monoisotopic (exact) mass is 291 g/mol. The van der Waals surface area contributed by atoms with Gasteiger partial charge in [-0.25, -0.2) is 4.79 Å². The molecule has 1 atom stereocenters. The largest absolute Gasteiger partial charge is 0.393 e. The van der Waals surface area contributed by atoms with Gasteiger partial charge < -0.3 is 20.6 Å². The molecule has 3 N–H and O–H groups in total. The van der Waals surface area contributed by atoms with Crippen molar-refractivity contribution in [2.45, 2.75) is 38.7 Å². The summed E-state index contributed by atoms with van der Waals surface area (Å²) in [6.07, 6.45) is 3.93. The number of carbonyl (C=O) groups is 1. The summed E-state index contributed by atoms with van der Waals surface area (Å²) in [7, 11) is 0. The highest BCUT2D eigenvalue weighted by Crippen LogP contribution is 2.22. The van der Waals surface area contributed by atoms with Gasteiger partial charge in [-0.3, -0.25) is 0 Å². The molecule has 1 unspecified atom stereocenters. The van der Waals surface area contributed by atoms with Crippen LogP contribution in [0.4, 0.5) is 16.2 Å². The van der Waals surface area contributed by atoms with Crippen molar-refractivity contribution in [1.82, 2.24) is 5.32 Å². The van der Waals surface area contributed by atoms with Crippen molar-refractivity contribution in [3.8, 4) is 0 Å². The molecule has 5 nitrogen and oxygen atoms in total. The Morgan fingerprint density at radius 3 is 2.81 bits per heavy atom. The van der Waals surface area contributed by atoms with E-state index in [1.807, 2.05) is 18.2 Å². The Labute approximate surface area is 126 Å². The summed E-state index contributed by atoms with van der Waals surface area (Å²) < 4.78 is 0. The van der Waals surface area contributed by atoms with E-state index in [1.165, 1.54) is 19.3 Å². The van der Waals surface area contributed by atoms with E-state index in [1.54, 1.807) is 6.92 Å². The minimum atomic E-state index is -0.396. The number of anilines is 2. The Morgan fingerprint density at radius 1 is 1.33 bits per heavy atom. The Kier molecular flexibility index (Phi) is 5.87. The van der Waals surface area contributed by atoms with Gasteiger partial charge in [0.1, 0.15) is 0 Å². The van der Waals surface area contributed by atoms with Crippen LogP contribution in [0.1, 0.15) is 32.6 Å². The lowest BCUT2D eigenvalue weighted by atomic mass is 10.1. The lowest BCUT2D eigenvalue weighted by Gasteiger charge is -2.29. The zero-order valence-corrected chi connectivity index (χ0v) is 12.6. The number of nitrogens with one attached hydrogen (secondary N) is 2. The van der Waals surface area contributed by atoms with Crippen molar-refractivity contribution in [3.05, 3.63) is 24.3 Å². The van der Waals surface area contributed by atoms with Crippen LogP contribution in [0.3, 0.4) is 0 Å². The number of nitrogens with zero attached hydrogens (tertiary/aromatic N) is 1. The third kappa shape index (κ3) is 5.27. The minimum Gasteiger partial charge on any atom is -0.393 e. The molecule has 1 aromatic rings. The number of urea groups is 1. The first-order valence-electron chi connectivity index (χ1n) is 7.73. The van der Waals surface area contributed by atoms with E-state index in [-0.39, 0.29) is 6.03 Å². The van der Waals surface area contributed by atoms with E-state index >= 15 is 0 Å². The Bertz CT molecular complexity index is 457. The first-order valence-corrected chi connectivity index (χ1v) is 7.73. The zero-order valence-electron chi connectivity index (χ0n) is 12.6. The van der Waals surface area contributed by atoms with Gasteiger partial charge >= 0.3 is 6.03 Å². The summed E-state index contributed by atoms with van der Waals surface area (Å²) in [4.78, 5) is 14.1. The minimum absolute atomic E-state index is 0.230. The van der Waals surface area contributed by atoms with Crippen LogP contribution in [0.25, 0.3) is 0 Å². The summed E-state index contributed by atoms with van der Waals surface area (Å²) in [5.41, 5.74) is 1.96. The molecule has 2 rings (SSSR count). The van der Waals surface area contributed by atoms with Crippen LogP contribution in [-0.2, 0) is 0 Å². The van der Waals surface area contributed by atoms with E-state index in [0.29, 0.717) is 13.0 Å². The summed E-state index contributed by atoms with van der Waals surface area (Å²) >= 11 is 0. The summed E-state index contributed by atoms with van der Waals surface area (Å²) in [6.45, 7) is 4.35. The van der Waals surface area contributed by atoms with Crippen LogP contribution in [0, 0.1) is 0 Å². The van der Waals surface area contributed by atoms with Gasteiger partial charge in [0.05, 0.1) is 6.10 Å². The molecule has 1 saturated heterocycles. The highest BCUT2D eigenvalue weighted by atomic mass is 16.3. The second-order valence-corrected chi connectivity index (χ2v) is 5.62. The highest BCUT2D eigenvalue weighted by Gasteiger charge is 2.11. The molecule has 0 radical (unpaired) electrons. The molecule has 0 aliphatic carbocycles. The zero-order chi connectivity index (χ0) is 15.1. The van der Waals surface area contributed by atoms with Crippen LogP contribution >= 0.6 is 0 Å². The molecule has 0 aromatic heterocycles. The third-order valence-electron chi connectivity index (χ3n) is 3.67. The molecular formula is C16H25N3O2. The van der Waals surface area contributed by atoms with E-state index in [0.717, 1.165) is 24.5 Å². The molecule has 1 heterocycles. The molecular weight excluding hydrogens is 266 g/mol. The number of aliphatic hydroxyl groups excluding tert-OH is 1. The number of piperidine rings is 1. The molecule has 0 saturated carbocycles. The van der Waals surface area contributed by atoms with Crippen molar-refractivity contribution in [2.24, 2.45) is 0 Å². The fourth-order valence-corrected chi connectivity index (χ4v) is 2.50. The van der Waals surface area contributed by atoms with E-state index < -0.39 is 6.10 Å². The highest BCUT2D eigenvalue weighted by molar-refractivity contribution is 5.89. The van der Waals surface area contributed by atoms with Crippen LogP contribution < -0.4 is 15.5 Å². The predicted octanol–water partition coefficient (Wildman–Crippen LogP) is 2.57. The van der Waals surface area contributed by atoms with Crippen LogP contribution in [0.5, 0.6) is 0 Å². The van der Waals surface area contributed by atoms with Crippen LogP contribution in [0.15, 0.2) is 24.3 Å². The predicted molar refractivity (Wildman–Crippen MR) is 85.8 cm³/mol. The fraction of sp³-hybridized carbons (Fsp3) is 0.562. The molecule has 2 amide bonds. The maximum absolute atomic E-state index is 11.8. The molecule has 1 fully saturated rings. The molecule has 1 aliphatic heterocycles. The average molecular weight is 291 g/mol. The van der Waals surface area contributed by atoms with Gasteiger partial charge in [0.15, 0.2) is 0 Å². The maximum atomic E-state index is 11.8. The fourth-order valence-electron chi connectivity index (χ4n) is 2.50. The van der Waals surface area contributed by atoms with Gasteiger partial charge in [-0.2, -0.15) is 0 Å². The molecule has 0 bridgehead atoms. The first-order chi connectivity index (χ1) is 10.1. The van der Waals surface area contributed by atoms with Gasteiger partial charge in [0, 0.05) is 31.0 Å². The van der Waals surface area contributed by atoms with E-state index in [2.05, 4.69) is 21.6 Å². The quantitative estimate of drug-likeness (QED) is 0.781. The molecule has 0 spiro atoms. The second-order valence-electron chi connectivity index (χ2n) is 5.62. The number of amides is 2. The van der Waals surface area contributed by atoms with Crippen LogP contribution in [-0.4, -0.2) is 36.9 Å². The number of benzene rings is 1. The molecule has 21 heavy (non-hydrogen) atoms. The Hall–Kier alpha value is -1.75. The number of carbonyl (C=O) groups excluding carboxylic acids is 1. The molecule has 1 aromatic carbocycles. The summed E-state index contributed by atoms with van der Waals surface area (Å²) in [5.74, 6) is 0. The van der Waals surface area contributed by atoms with Crippen molar-refractivity contribution in [1.29, 1.82) is 0 Å². The number of rotatable bonds is 5. The molecule has 1 aliphatic rings. The molecule has 5 heteroatoms. The maximum Gasteiger partial charge on any atom is 0.319 e. The SMILES string of the molecule is CC(O)CCNC(=O)Nc1cccc(N2CCCCC2)c1. The van der Waals surface area contributed by atoms with Gasteiger partial charge in [-0.1, -0.05) is 6.07 Å². The second kappa shape index (κ2) is 7.88. The van der Waals surface area contributed by atoms with E-state index in [9.17, 15) is 4.79 Å². The third-order valence-corrected chi connectivity index (χ3v) is 3.67. The van der Waals surface area contributed by atoms with Crippen molar-refractivity contribution >= 4 is 17.4 Å². The van der Waals surface area contributed by atoms with Crippen molar-refractivity contribution < 1.29 is 9.90 Å². The van der Waals surface area contributed by atoms with Gasteiger partial charge in [0.2, 0.25) is 0 Å². The smallest absolute Gasteiger partial charge is 0.319 e. The number of hydrogen-bond acceptors (Lipinski definition) is 3. The van der Waals surface area contributed by atoms with Crippen molar-refractivity contribution in [3.63, 3.8) is 0 Å². The standard InChI is InChI=1S/C16H25N3O2/c1-13(20)8-9-17-16(21)18-14-6-5-7-15(12-14)19-10-3-2-4-11-19/h5-7,12-13,20H,2-4,8-11H2,1H3,(H2,17,18,21). The van der Waals surface area contributed by atoms with Gasteiger partial charge in [-0.05, 0) is 50.8 Å². The van der Waals surface area contributed by atoms with Crippen LogP contribution in [0.2, 0.25) is 0 Å². The topological polar surface area (TPSA) is 64.6 Å². The normalized spacial score (nSPS) is 16.4. The first kappa shape index (κ1) is 15.6. The number of hydrogen-bond donors (Lipinski definition) is 3. The summed E-state index contributed by atoms with van der Waals surface area (Å²) in [5, 5.41) is 14.7. The molecule has 116 valence electrons. The lowest BCUT2D eigenvalue weighted by molar-refractivity contribution is 0.184. The Balaban J connectivity index is 1.86. The van der Waals surface area contributed by atoms with Gasteiger partial charge in [0.25, 0.3) is 0 Å². The number of aliphatic hydroxyl groups is 1. The van der Waals surface area contributed by atoms with Gasteiger partial charge in [-0.15, -0.1) is 0 Å². The lowest BCUT2D eigenvalue weighted by Crippen LogP contribution is -2.31. The average Bonchev–Trinajstić information content (AvgIpc) is 2.48. The summed E-state index contributed by atoms with van der Waals surface area (Å²) in [6, 6.07) is 7.73.